The molecule has 0 aromatic heterocycles. The first-order valence-corrected chi connectivity index (χ1v) is 6.68. The zero-order valence-corrected chi connectivity index (χ0v) is 10.2. The first-order chi connectivity index (χ1) is 7.83. The summed E-state index contributed by atoms with van der Waals surface area (Å²) in [6.45, 7) is 1.41. The number of ether oxygens (including phenoxy) is 1. The summed E-state index contributed by atoms with van der Waals surface area (Å²) in [6.07, 6.45) is 9.91. The number of hydrogen-bond acceptors (Lipinski definition) is 3. The van der Waals surface area contributed by atoms with E-state index in [1.807, 2.05) is 0 Å². The summed E-state index contributed by atoms with van der Waals surface area (Å²) in [7, 11) is 0. The van der Waals surface area contributed by atoms with Crippen molar-refractivity contribution in [1.29, 1.82) is 0 Å². The molecule has 0 aromatic carbocycles. The zero-order valence-electron chi connectivity index (χ0n) is 10.2. The fourth-order valence-electron chi connectivity index (χ4n) is 2.23. The Labute approximate surface area is 98.7 Å². The minimum absolute atomic E-state index is 0.0142. The normalized spacial score (nSPS) is 16.6. The largest absolute Gasteiger partial charge is 0.465 e. The van der Waals surface area contributed by atoms with Crippen molar-refractivity contribution in [2.45, 2.75) is 57.8 Å². The topological polar surface area (TPSA) is 52.3 Å². The summed E-state index contributed by atoms with van der Waals surface area (Å²) in [5, 5.41) is 0. The Balaban J connectivity index is 1.90. The molecule has 0 unspecified atom stereocenters. The van der Waals surface area contributed by atoms with Gasteiger partial charge in [-0.15, -0.1) is 0 Å². The van der Waals surface area contributed by atoms with Gasteiger partial charge in [-0.05, 0) is 38.1 Å². The van der Waals surface area contributed by atoms with Crippen molar-refractivity contribution in [2.24, 2.45) is 11.7 Å². The van der Waals surface area contributed by atoms with Gasteiger partial charge in [0.2, 0.25) is 0 Å². The highest BCUT2D eigenvalue weighted by molar-refractivity contribution is 5.69. The summed E-state index contributed by atoms with van der Waals surface area (Å²) in [6, 6.07) is 0. The third kappa shape index (κ3) is 6.11. The minimum atomic E-state index is -0.0142. The van der Waals surface area contributed by atoms with Gasteiger partial charge in [0, 0.05) is 6.42 Å². The third-order valence-electron chi connectivity index (χ3n) is 3.29. The quantitative estimate of drug-likeness (QED) is 0.512. The van der Waals surface area contributed by atoms with Crippen LogP contribution in [0.1, 0.15) is 57.8 Å². The van der Waals surface area contributed by atoms with Gasteiger partial charge in [-0.3, -0.25) is 4.79 Å². The van der Waals surface area contributed by atoms with Crippen molar-refractivity contribution in [3.63, 3.8) is 0 Å². The van der Waals surface area contributed by atoms with Crippen LogP contribution >= 0.6 is 0 Å². The Morgan fingerprint density at radius 2 is 1.81 bits per heavy atom. The standard InChI is InChI=1S/C13H25NO2/c14-10-6-2-1-3-9-13(15)16-11-12-7-4-5-8-12/h12H,1-11,14H2. The lowest BCUT2D eigenvalue weighted by molar-refractivity contribution is -0.145. The number of hydrogen-bond donors (Lipinski definition) is 1. The van der Waals surface area contributed by atoms with Crippen LogP contribution in [-0.4, -0.2) is 19.1 Å². The highest BCUT2D eigenvalue weighted by Crippen LogP contribution is 2.24. The maximum Gasteiger partial charge on any atom is 0.305 e. The van der Waals surface area contributed by atoms with Crippen LogP contribution in [0, 0.1) is 5.92 Å². The fraction of sp³-hybridized carbons (Fsp3) is 0.923. The molecule has 3 nitrogen and oxygen atoms in total. The molecule has 0 atom stereocenters. The van der Waals surface area contributed by atoms with Crippen LogP contribution in [0.25, 0.3) is 0 Å². The van der Waals surface area contributed by atoms with E-state index in [2.05, 4.69) is 0 Å². The predicted molar refractivity (Wildman–Crippen MR) is 65.1 cm³/mol. The fourth-order valence-corrected chi connectivity index (χ4v) is 2.23. The van der Waals surface area contributed by atoms with Gasteiger partial charge in [0.15, 0.2) is 0 Å². The second-order valence-corrected chi connectivity index (χ2v) is 4.79. The first kappa shape index (κ1) is 13.5. The number of carbonyl (C=O) groups is 1. The summed E-state index contributed by atoms with van der Waals surface area (Å²) >= 11 is 0. The number of unbranched alkanes of at least 4 members (excludes halogenated alkanes) is 3. The second kappa shape index (κ2) is 8.57. The average molecular weight is 227 g/mol. The smallest absolute Gasteiger partial charge is 0.305 e. The monoisotopic (exact) mass is 227 g/mol. The van der Waals surface area contributed by atoms with Crippen LogP contribution in [0.4, 0.5) is 0 Å². The van der Waals surface area contributed by atoms with E-state index in [1.54, 1.807) is 0 Å². The minimum Gasteiger partial charge on any atom is -0.465 e. The molecule has 0 radical (unpaired) electrons. The lowest BCUT2D eigenvalue weighted by Gasteiger charge is -2.09. The Bertz CT molecular complexity index is 188. The van der Waals surface area contributed by atoms with Crippen LogP contribution < -0.4 is 5.73 Å². The van der Waals surface area contributed by atoms with Gasteiger partial charge >= 0.3 is 5.97 Å². The maximum atomic E-state index is 11.4. The molecular formula is C13H25NO2. The molecule has 0 saturated heterocycles. The van der Waals surface area contributed by atoms with E-state index in [0.29, 0.717) is 18.9 Å². The van der Waals surface area contributed by atoms with Gasteiger partial charge in [0.1, 0.15) is 0 Å². The molecule has 1 aliphatic carbocycles. The Morgan fingerprint density at radius 3 is 2.50 bits per heavy atom. The van der Waals surface area contributed by atoms with Gasteiger partial charge in [-0.25, -0.2) is 0 Å². The SMILES string of the molecule is NCCCCCCC(=O)OCC1CCCC1. The molecule has 0 spiro atoms. The molecule has 0 aliphatic heterocycles. The number of nitrogens with two attached hydrogens (primary N) is 1. The molecule has 1 fully saturated rings. The van der Waals surface area contributed by atoms with E-state index in [0.717, 1.165) is 32.2 Å². The number of carbonyl (C=O) groups excluding carboxylic acids is 1. The van der Waals surface area contributed by atoms with Crippen LogP contribution in [-0.2, 0) is 9.53 Å². The van der Waals surface area contributed by atoms with E-state index < -0.39 is 0 Å². The highest BCUT2D eigenvalue weighted by Gasteiger charge is 2.16. The van der Waals surface area contributed by atoms with Crippen molar-refractivity contribution in [3.8, 4) is 0 Å². The molecule has 0 bridgehead atoms. The lowest BCUT2D eigenvalue weighted by atomic mass is 10.1. The molecule has 0 amide bonds. The van der Waals surface area contributed by atoms with Gasteiger partial charge < -0.3 is 10.5 Å². The van der Waals surface area contributed by atoms with Crippen LogP contribution in [0.15, 0.2) is 0 Å². The Hall–Kier alpha value is -0.570. The van der Waals surface area contributed by atoms with E-state index in [-0.39, 0.29) is 5.97 Å². The molecule has 1 aliphatic rings. The number of rotatable bonds is 8. The second-order valence-electron chi connectivity index (χ2n) is 4.79. The molecule has 94 valence electrons. The molecule has 1 rings (SSSR count). The summed E-state index contributed by atoms with van der Waals surface area (Å²) in [5.74, 6) is 0.626. The van der Waals surface area contributed by atoms with Crippen LogP contribution in [0.3, 0.4) is 0 Å². The van der Waals surface area contributed by atoms with Crippen molar-refractivity contribution in [2.75, 3.05) is 13.2 Å². The molecule has 2 N–H and O–H groups in total. The average Bonchev–Trinajstić information content (AvgIpc) is 2.79. The van der Waals surface area contributed by atoms with Crippen molar-refractivity contribution < 1.29 is 9.53 Å². The maximum absolute atomic E-state index is 11.4. The van der Waals surface area contributed by atoms with Crippen molar-refractivity contribution in [1.82, 2.24) is 0 Å². The molecular weight excluding hydrogens is 202 g/mol. The first-order valence-electron chi connectivity index (χ1n) is 6.68. The predicted octanol–water partition coefficient (Wildman–Crippen LogP) is 2.63. The molecule has 0 aromatic rings. The Morgan fingerprint density at radius 1 is 1.12 bits per heavy atom. The van der Waals surface area contributed by atoms with E-state index >= 15 is 0 Å². The van der Waals surface area contributed by atoms with Gasteiger partial charge in [-0.1, -0.05) is 25.7 Å². The van der Waals surface area contributed by atoms with E-state index in [4.69, 9.17) is 10.5 Å². The van der Waals surface area contributed by atoms with E-state index in [1.165, 1.54) is 25.7 Å². The molecule has 1 saturated carbocycles. The van der Waals surface area contributed by atoms with E-state index in [9.17, 15) is 4.79 Å². The molecule has 3 heteroatoms. The number of esters is 1. The highest BCUT2D eigenvalue weighted by atomic mass is 16.5. The summed E-state index contributed by atoms with van der Waals surface area (Å²) < 4.78 is 5.27. The van der Waals surface area contributed by atoms with Gasteiger partial charge in [0.05, 0.1) is 6.61 Å². The van der Waals surface area contributed by atoms with Crippen LogP contribution in [0.5, 0.6) is 0 Å². The van der Waals surface area contributed by atoms with Crippen molar-refractivity contribution in [3.05, 3.63) is 0 Å². The third-order valence-corrected chi connectivity index (χ3v) is 3.29. The lowest BCUT2D eigenvalue weighted by Crippen LogP contribution is -2.11. The van der Waals surface area contributed by atoms with Gasteiger partial charge in [-0.2, -0.15) is 0 Å². The molecule has 0 heterocycles. The molecule has 16 heavy (non-hydrogen) atoms. The van der Waals surface area contributed by atoms with Crippen molar-refractivity contribution >= 4 is 5.97 Å². The van der Waals surface area contributed by atoms with Gasteiger partial charge in [0.25, 0.3) is 0 Å². The van der Waals surface area contributed by atoms with Crippen LogP contribution in [0.2, 0.25) is 0 Å². The Kier molecular flexibility index (Phi) is 7.23. The zero-order chi connectivity index (χ0) is 11.6. The summed E-state index contributed by atoms with van der Waals surface area (Å²) in [5.41, 5.74) is 5.40. The summed E-state index contributed by atoms with van der Waals surface area (Å²) in [4.78, 5) is 11.4.